The first kappa shape index (κ1) is 12.9. The fourth-order valence-corrected chi connectivity index (χ4v) is 1.54. The first-order valence-corrected chi connectivity index (χ1v) is 5.20. The van der Waals surface area contributed by atoms with Crippen molar-refractivity contribution in [3.8, 4) is 0 Å². The number of aliphatic hydroxyl groups is 2. The third kappa shape index (κ3) is 3.65. The van der Waals surface area contributed by atoms with Crippen molar-refractivity contribution in [2.45, 2.75) is 59.7 Å². The lowest BCUT2D eigenvalue weighted by atomic mass is 9.80. The molecule has 0 aromatic carbocycles. The molecule has 2 unspecified atom stereocenters. The van der Waals surface area contributed by atoms with E-state index in [1.54, 1.807) is 0 Å². The van der Waals surface area contributed by atoms with E-state index < -0.39 is 12.2 Å². The van der Waals surface area contributed by atoms with E-state index in [9.17, 15) is 10.2 Å². The Morgan fingerprint density at radius 3 is 1.62 bits per heavy atom. The molecular weight excluding hydrogens is 164 g/mol. The SMILES string of the molecule is CCC(CC)C(O)C(O)C(C)(C)C. The maximum Gasteiger partial charge on any atom is 0.0849 e. The summed E-state index contributed by atoms with van der Waals surface area (Å²) < 4.78 is 0. The van der Waals surface area contributed by atoms with Crippen molar-refractivity contribution in [1.29, 1.82) is 0 Å². The van der Waals surface area contributed by atoms with Gasteiger partial charge < -0.3 is 10.2 Å². The zero-order valence-corrected chi connectivity index (χ0v) is 9.54. The van der Waals surface area contributed by atoms with E-state index in [4.69, 9.17) is 0 Å². The quantitative estimate of drug-likeness (QED) is 0.710. The Bertz CT molecular complexity index is 134. The molecule has 2 N–H and O–H groups in total. The smallest absolute Gasteiger partial charge is 0.0849 e. The van der Waals surface area contributed by atoms with E-state index >= 15 is 0 Å². The highest BCUT2D eigenvalue weighted by Crippen LogP contribution is 2.27. The molecule has 0 radical (unpaired) electrons. The molecule has 0 bridgehead atoms. The number of hydrogen-bond donors (Lipinski definition) is 2. The molecule has 0 fully saturated rings. The molecule has 2 nitrogen and oxygen atoms in total. The van der Waals surface area contributed by atoms with Gasteiger partial charge in [0.05, 0.1) is 12.2 Å². The molecule has 0 aromatic heterocycles. The van der Waals surface area contributed by atoms with Crippen LogP contribution in [-0.4, -0.2) is 22.4 Å². The van der Waals surface area contributed by atoms with E-state index in [2.05, 4.69) is 0 Å². The summed E-state index contributed by atoms with van der Waals surface area (Å²) in [5.41, 5.74) is -0.234. The Morgan fingerprint density at radius 1 is 1.00 bits per heavy atom. The van der Waals surface area contributed by atoms with Gasteiger partial charge >= 0.3 is 0 Å². The highest BCUT2D eigenvalue weighted by atomic mass is 16.3. The number of rotatable bonds is 4. The minimum atomic E-state index is -0.627. The summed E-state index contributed by atoms with van der Waals surface area (Å²) in [5, 5.41) is 19.7. The first-order chi connectivity index (χ1) is 5.84. The largest absolute Gasteiger partial charge is 0.390 e. The Hall–Kier alpha value is -0.0800. The van der Waals surface area contributed by atoms with Gasteiger partial charge in [0.15, 0.2) is 0 Å². The van der Waals surface area contributed by atoms with Crippen LogP contribution < -0.4 is 0 Å². The van der Waals surface area contributed by atoms with Crippen molar-refractivity contribution >= 4 is 0 Å². The van der Waals surface area contributed by atoms with Gasteiger partial charge in [-0.25, -0.2) is 0 Å². The minimum absolute atomic E-state index is 0.217. The molecule has 0 aliphatic rings. The van der Waals surface area contributed by atoms with E-state index in [0.29, 0.717) is 0 Å². The Balaban J connectivity index is 4.31. The Labute approximate surface area is 82.0 Å². The minimum Gasteiger partial charge on any atom is -0.390 e. The zero-order valence-electron chi connectivity index (χ0n) is 9.54. The van der Waals surface area contributed by atoms with Gasteiger partial charge in [-0.1, -0.05) is 47.5 Å². The molecule has 0 amide bonds. The highest BCUT2D eigenvalue weighted by molar-refractivity contribution is 4.83. The lowest BCUT2D eigenvalue weighted by Crippen LogP contribution is -2.41. The highest BCUT2D eigenvalue weighted by Gasteiger charge is 2.32. The molecule has 13 heavy (non-hydrogen) atoms. The van der Waals surface area contributed by atoms with E-state index in [1.165, 1.54) is 0 Å². The second kappa shape index (κ2) is 4.97. The van der Waals surface area contributed by atoms with Crippen molar-refractivity contribution in [3.05, 3.63) is 0 Å². The summed E-state index contributed by atoms with van der Waals surface area (Å²) in [6.07, 6.45) is 0.627. The standard InChI is InChI=1S/C11H24O2/c1-6-8(7-2)9(12)10(13)11(3,4)5/h8-10,12-13H,6-7H2,1-5H3. The van der Waals surface area contributed by atoms with Crippen LogP contribution in [0.4, 0.5) is 0 Å². The molecule has 2 heteroatoms. The van der Waals surface area contributed by atoms with Gasteiger partial charge in [-0.3, -0.25) is 0 Å². The van der Waals surface area contributed by atoms with Gasteiger partial charge in [-0.15, -0.1) is 0 Å². The van der Waals surface area contributed by atoms with Crippen molar-refractivity contribution in [2.24, 2.45) is 11.3 Å². The lowest BCUT2D eigenvalue weighted by molar-refractivity contribution is -0.0719. The Morgan fingerprint density at radius 2 is 1.38 bits per heavy atom. The average molecular weight is 188 g/mol. The average Bonchev–Trinajstić information content (AvgIpc) is 2.03. The molecule has 0 aliphatic heterocycles. The molecule has 80 valence electrons. The van der Waals surface area contributed by atoms with Crippen LogP contribution in [0.15, 0.2) is 0 Å². The second-order valence-electron chi connectivity index (χ2n) is 4.88. The molecular formula is C11H24O2. The maximum atomic E-state index is 9.86. The second-order valence-corrected chi connectivity index (χ2v) is 4.88. The molecule has 0 aliphatic carbocycles. The summed E-state index contributed by atoms with van der Waals surface area (Å²) >= 11 is 0. The van der Waals surface area contributed by atoms with Crippen LogP contribution in [0.1, 0.15) is 47.5 Å². The van der Waals surface area contributed by atoms with Crippen molar-refractivity contribution in [3.63, 3.8) is 0 Å². The van der Waals surface area contributed by atoms with Crippen LogP contribution in [0.2, 0.25) is 0 Å². The fraction of sp³-hybridized carbons (Fsp3) is 1.00. The van der Waals surface area contributed by atoms with Gasteiger partial charge in [0.25, 0.3) is 0 Å². The summed E-state index contributed by atoms with van der Waals surface area (Å²) in [5.74, 6) is 0.217. The van der Waals surface area contributed by atoms with Gasteiger partial charge in [-0.2, -0.15) is 0 Å². The summed E-state index contributed by atoms with van der Waals surface area (Å²) in [7, 11) is 0. The van der Waals surface area contributed by atoms with Crippen LogP contribution in [-0.2, 0) is 0 Å². The van der Waals surface area contributed by atoms with E-state index in [1.807, 2.05) is 34.6 Å². The van der Waals surface area contributed by atoms with Crippen molar-refractivity contribution in [2.75, 3.05) is 0 Å². The predicted molar refractivity (Wildman–Crippen MR) is 55.5 cm³/mol. The van der Waals surface area contributed by atoms with Crippen LogP contribution in [0.5, 0.6) is 0 Å². The normalized spacial score (nSPS) is 17.5. The van der Waals surface area contributed by atoms with Gasteiger partial charge in [0, 0.05) is 0 Å². The van der Waals surface area contributed by atoms with Gasteiger partial charge in [0.2, 0.25) is 0 Å². The van der Waals surface area contributed by atoms with Gasteiger partial charge in [-0.05, 0) is 11.3 Å². The van der Waals surface area contributed by atoms with E-state index in [0.717, 1.165) is 12.8 Å². The fourth-order valence-electron chi connectivity index (χ4n) is 1.54. The van der Waals surface area contributed by atoms with Crippen molar-refractivity contribution < 1.29 is 10.2 Å². The third-order valence-corrected chi connectivity index (χ3v) is 2.74. The molecule has 2 atom stereocenters. The summed E-state index contributed by atoms with van der Waals surface area (Å²) in [6.45, 7) is 9.94. The van der Waals surface area contributed by atoms with Gasteiger partial charge in [0.1, 0.15) is 0 Å². The van der Waals surface area contributed by atoms with Crippen LogP contribution in [0.25, 0.3) is 0 Å². The third-order valence-electron chi connectivity index (χ3n) is 2.74. The molecule has 0 spiro atoms. The number of aliphatic hydroxyl groups excluding tert-OH is 2. The van der Waals surface area contributed by atoms with Crippen LogP contribution in [0, 0.1) is 11.3 Å². The molecule has 0 aromatic rings. The Kier molecular flexibility index (Phi) is 4.93. The van der Waals surface area contributed by atoms with E-state index in [-0.39, 0.29) is 11.3 Å². The van der Waals surface area contributed by atoms with Crippen LogP contribution >= 0.6 is 0 Å². The molecule has 0 saturated heterocycles. The first-order valence-electron chi connectivity index (χ1n) is 5.20. The van der Waals surface area contributed by atoms with Crippen LogP contribution in [0.3, 0.4) is 0 Å². The monoisotopic (exact) mass is 188 g/mol. The molecule has 0 rings (SSSR count). The molecule has 0 heterocycles. The zero-order chi connectivity index (χ0) is 10.6. The predicted octanol–water partition coefficient (Wildman–Crippen LogP) is 2.19. The van der Waals surface area contributed by atoms with Crippen molar-refractivity contribution in [1.82, 2.24) is 0 Å². The summed E-state index contributed by atoms with van der Waals surface area (Å²) in [4.78, 5) is 0. The molecule has 0 saturated carbocycles. The summed E-state index contributed by atoms with van der Waals surface area (Å²) in [6, 6.07) is 0. The maximum absolute atomic E-state index is 9.86. The lowest BCUT2D eigenvalue weighted by Gasteiger charge is -2.33. The number of hydrogen-bond acceptors (Lipinski definition) is 2. The topological polar surface area (TPSA) is 40.5 Å².